The lowest BCUT2D eigenvalue weighted by Gasteiger charge is -1.88. The number of hydrogen-bond donors (Lipinski definition) is 1. The molecule has 1 aliphatic carbocycles. The SMILES string of the molecule is CCCC.O=c1[nH]c(=O)c2c(=O)c(Cl)c(Cl)c(=O)c1=2. The van der Waals surface area contributed by atoms with E-state index in [0.29, 0.717) is 0 Å². The van der Waals surface area contributed by atoms with Gasteiger partial charge in [-0.3, -0.25) is 24.2 Å². The molecule has 1 aliphatic heterocycles. The number of nitrogens with one attached hydrogen (secondary N) is 1. The van der Waals surface area contributed by atoms with Crippen LogP contribution in [0.1, 0.15) is 26.7 Å². The maximum absolute atomic E-state index is 11.4. The van der Waals surface area contributed by atoms with Gasteiger partial charge in [0.1, 0.15) is 20.5 Å². The van der Waals surface area contributed by atoms with Crippen molar-refractivity contribution in [3.8, 4) is 0 Å². The molecule has 0 amide bonds. The first-order valence-corrected chi connectivity index (χ1v) is 6.36. The predicted octanol–water partition coefficient (Wildman–Crippen LogP) is 1.17. The second kappa shape index (κ2) is 6.12. The van der Waals surface area contributed by atoms with Gasteiger partial charge in [-0.25, -0.2) is 0 Å². The Balaban J connectivity index is 0.000000399. The van der Waals surface area contributed by atoms with Crippen LogP contribution in [0.15, 0.2) is 19.2 Å². The summed E-state index contributed by atoms with van der Waals surface area (Å²) in [5.74, 6) is 0. The Hall–Kier alpha value is -1.46. The van der Waals surface area contributed by atoms with E-state index in [2.05, 4.69) is 13.8 Å². The van der Waals surface area contributed by atoms with E-state index in [9.17, 15) is 19.2 Å². The van der Waals surface area contributed by atoms with E-state index in [1.54, 1.807) is 0 Å². The molecule has 0 saturated heterocycles. The molecule has 0 radical (unpaired) electrons. The van der Waals surface area contributed by atoms with Crippen molar-refractivity contribution in [3.63, 3.8) is 0 Å². The molecule has 102 valence electrons. The minimum Gasteiger partial charge on any atom is -0.288 e. The molecule has 19 heavy (non-hydrogen) atoms. The Morgan fingerprint density at radius 3 is 1.37 bits per heavy atom. The summed E-state index contributed by atoms with van der Waals surface area (Å²) in [5, 5.41) is -2.13. The van der Waals surface area contributed by atoms with Gasteiger partial charge in [0.2, 0.25) is 10.9 Å². The molecule has 2 aliphatic rings. The second-order valence-corrected chi connectivity index (χ2v) is 4.58. The van der Waals surface area contributed by atoms with Crippen molar-refractivity contribution >= 4 is 23.2 Å². The number of aromatic nitrogens is 1. The summed E-state index contributed by atoms with van der Waals surface area (Å²) in [6.45, 7) is 4.36. The van der Waals surface area contributed by atoms with Crippen LogP contribution in [-0.4, -0.2) is 4.98 Å². The van der Waals surface area contributed by atoms with Crippen LogP contribution >= 0.6 is 23.2 Å². The molecule has 0 aromatic rings. The van der Waals surface area contributed by atoms with E-state index in [-0.39, 0.29) is 0 Å². The molecule has 2 rings (SSSR count). The number of halogens is 2. The number of rotatable bonds is 1. The van der Waals surface area contributed by atoms with E-state index >= 15 is 0 Å². The predicted molar refractivity (Wildman–Crippen MR) is 74.1 cm³/mol. The quantitative estimate of drug-likeness (QED) is 0.857. The summed E-state index contributed by atoms with van der Waals surface area (Å²) in [6, 6.07) is 0. The Labute approximate surface area is 117 Å². The summed E-state index contributed by atoms with van der Waals surface area (Å²) in [4.78, 5) is 46.9. The van der Waals surface area contributed by atoms with Crippen molar-refractivity contribution in [2.75, 3.05) is 0 Å². The first kappa shape index (κ1) is 15.6. The molecule has 5 nitrogen and oxygen atoms in total. The van der Waals surface area contributed by atoms with Gasteiger partial charge in [0.25, 0.3) is 11.1 Å². The van der Waals surface area contributed by atoms with Gasteiger partial charge < -0.3 is 0 Å². The minimum atomic E-state index is -0.921. The van der Waals surface area contributed by atoms with Gasteiger partial charge in [-0.05, 0) is 0 Å². The van der Waals surface area contributed by atoms with Gasteiger partial charge in [-0.1, -0.05) is 49.9 Å². The minimum absolute atomic E-state index is 0.528. The first-order chi connectivity index (χ1) is 8.86. The smallest absolute Gasteiger partial charge is 0.263 e. The highest BCUT2D eigenvalue weighted by Crippen LogP contribution is 2.11. The highest BCUT2D eigenvalue weighted by atomic mass is 35.5. The lowest BCUT2D eigenvalue weighted by Crippen LogP contribution is -2.20. The van der Waals surface area contributed by atoms with Crippen molar-refractivity contribution < 1.29 is 0 Å². The molecule has 0 saturated carbocycles. The van der Waals surface area contributed by atoms with E-state index in [1.807, 2.05) is 4.98 Å². The molecule has 7 heteroatoms. The van der Waals surface area contributed by atoms with Crippen LogP contribution in [0.2, 0.25) is 10.0 Å². The van der Waals surface area contributed by atoms with Gasteiger partial charge in [-0.2, -0.15) is 0 Å². The van der Waals surface area contributed by atoms with E-state index in [0.717, 1.165) is 0 Å². The van der Waals surface area contributed by atoms with Crippen molar-refractivity contribution in [2.45, 2.75) is 26.7 Å². The molecule has 0 aromatic heterocycles. The topological polar surface area (TPSA) is 84.1 Å². The molecule has 0 aromatic carbocycles. The van der Waals surface area contributed by atoms with E-state index in [4.69, 9.17) is 23.2 Å². The Kier molecular flexibility index (Phi) is 5.03. The normalized spacial score (nSPS) is 10.3. The highest BCUT2D eigenvalue weighted by molar-refractivity contribution is 6.41. The van der Waals surface area contributed by atoms with Gasteiger partial charge in [-0.15, -0.1) is 0 Å². The number of H-pyrrole nitrogens is 1. The Morgan fingerprint density at radius 1 is 0.789 bits per heavy atom. The molecule has 0 unspecified atom stereocenters. The summed E-state index contributed by atoms with van der Waals surface area (Å²) < 4.78 is 0. The van der Waals surface area contributed by atoms with Gasteiger partial charge in [0, 0.05) is 0 Å². The number of aromatic amines is 1. The molecular weight excluding hydrogens is 293 g/mol. The van der Waals surface area contributed by atoms with Crippen molar-refractivity contribution in [1.82, 2.24) is 4.98 Å². The molecular formula is C12H11Cl2NO4. The lowest BCUT2D eigenvalue weighted by atomic mass is 10.2. The maximum Gasteiger partial charge on any atom is 0.263 e. The Bertz CT molecular complexity index is 777. The van der Waals surface area contributed by atoms with E-state index in [1.165, 1.54) is 12.8 Å². The average molecular weight is 304 g/mol. The van der Waals surface area contributed by atoms with Gasteiger partial charge >= 0.3 is 0 Å². The number of hydrogen-bond acceptors (Lipinski definition) is 4. The van der Waals surface area contributed by atoms with Gasteiger partial charge in [0.05, 0.1) is 0 Å². The van der Waals surface area contributed by atoms with Crippen LogP contribution in [0, 0.1) is 10.4 Å². The molecule has 0 fully saturated rings. The fourth-order valence-corrected chi connectivity index (χ4v) is 1.67. The monoisotopic (exact) mass is 303 g/mol. The van der Waals surface area contributed by atoms with Crippen LogP contribution in [0.5, 0.6) is 0 Å². The van der Waals surface area contributed by atoms with Crippen LogP contribution in [-0.2, 0) is 0 Å². The number of unbranched alkanes of at least 4 members (excludes halogenated alkanes) is 1. The zero-order valence-corrected chi connectivity index (χ0v) is 11.8. The zero-order valence-electron chi connectivity index (χ0n) is 10.3. The van der Waals surface area contributed by atoms with Crippen molar-refractivity contribution in [2.24, 2.45) is 0 Å². The summed E-state index contributed by atoms with van der Waals surface area (Å²) >= 11 is 10.9. The third-order valence-corrected chi connectivity index (χ3v) is 3.29. The third-order valence-electron chi connectivity index (χ3n) is 2.48. The molecule has 1 N–H and O–H groups in total. The fourth-order valence-electron chi connectivity index (χ4n) is 1.31. The van der Waals surface area contributed by atoms with Crippen LogP contribution in [0.3, 0.4) is 0 Å². The first-order valence-electron chi connectivity index (χ1n) is 5.61. The molecule has 1 heterocycles. The molecule has 0 bridgehead atoms. The highest BCUT2D eigenvalue weighted by Gasteiger charge is 2.16. The lowest BCUT2D eigenvalue weighted by molar-refractivity contribution is 0.886. The van der Waals surface area contributed by atoms with Crippen LogP contribution in [0.4, 0.5) is 0 Å². The third kappa shape index (κ3) is 2.77. The average Bonchev–Trinajstić information content (AvgIpc) is 2.69. The largest absolute Gasteiger partial charge is 0.288 e. The Morgan fingerprint density at radius 2 is 1.11 bits per heavy atom. The zero-order chi connectivity index (χ0) is 14.7. The van der Waals surface area contributed by atoms with Crippen molar-refractivity contribution in [1.29, 1.82) is 0 Å². The second-order valence-electron chi connectivity index (χ2n) is 3.82. The standard InChI is InChI=1S/C8HCl2NO4.C4H10/c9-3-4(10)6(13)2-1(5(3)12)7(14)11-8(2)15;1-3-4-2/h(H,11,14,15);3-4H2,1-2H3. The van der Waals surface area contributed by atoms with Crippen LogP contribution in [0.25, 0.3) is 0 Å². The van der Waals surface area contributed by atoms with Crippen molar-refractivity contribution in [3.05, 3.63) is 61.6 Å². The molecule has 0 spiro atoms. The molecule has 0 atom stereocenters. The summed E-state index contributed by atoms with van der Waals surface area (Å²) in [7, 11) is 0. The van der Waals surface area contributed by atoms with Gasteiger partial charge in [0.15, 0.2) is 0 Å². The fraction of sp³-hybridized carbons (Fsp3) is 0.333. The van der Waals surface area contributed by atoms with Crippen LogP contribution < -0.4 is 22.0 Å². The maximum atomic E-state index is 11.4. The summed E-state index contributed by atoms with van der Waals surface area (Å²) in [6.07, 6.45) is 2.64. The summed E-state index contributed by atoms with van der Waals surface area (Å²) in [5.41, 5.74) is -3.65. The van der Waals surface area contributed by atoms with E-state index < -0.39 is 42.5 Å².